The highest BCUT2D eigenvalue weighted by Gasteiger charge is 2.22. The molecule has 0 aromatic carbocycles. The summed E-state index contributed by atoms with van der Waals surface area (Å²) in [5, 5.41) is 7.07. The second-order valence-corrected chi connectivity index (χ2v) is 6.68. The zero-order valence-corrected chi connectivity index (χ0v) is 14.8. The number of hydrogen-bond donors (Lipinski definition) is 1. The molecule has 0 aliphatic carbocycles. The maximum atomic E-state index is 12.1. The Balaban J connectivity index is 1.46. The molecule has 0 bridgehead atoms. The molecule has 8 heteroatoms. The monoisotopic (exact) mass is 349 g/mol. The van der Waals surface area contributed by atoms with Gasteiger partial charge in [0.25, 0.3) is 5.56 Å². The Hall–Kier alpha value is -2.09. The van der Waals surface area contributed by atoms with E-state index in [4.69, 9.17) is 4.74 Å². The standard InChI is InChI=1S/C17H27N5O3/c1-20-16(23)11-14(12-19-20)22-9-10-25-15(13-22)5-6-18-17(24)21-7-3-2-4-8-21/h11-12,15H,2-10,13H2,1H3,(H,18,24)/t15-/m1/s1. The Bertz CT molecular complexity index is 641. The topological polar surface area (TPSA) is 79.7 Å². The Morgan fingerprint density at radius 2 is 2.12 bits per heavy atom. The van der Waals surface area contributed by atoms with Crippen molar-refractivity contribution in [2.45, 2.75) is 31.8 Å². The van der Waals surface area contributed by atoms with Crippen LogP contribution in [-0.2, 0) is 11.8 Å². The van der Waals surface area contributed by atoms with Crippen LogP contribution < -0.4 is 15.8 Å². The molecule has 1 atom stereocenters. The maximum absolute atomic E-state index is 12.1. The summed E-state index contributed by atoms with van der Waals surface area (Å²) in [6, 6.07) is 1.64. The summed E-state index contributed by atoms with van der Waals surface area (Å²) in [5.74, 6) is 0. The molecule has 25 heavy (non-hydrogen) atoms. The summed E-state index contributed by atoms with van der Waals surface area (Å²) < 4.78 is 7.12. The van der Waals surface area contributed by atoms with Gasteiger partial charge >= 0.3 is 6.03 Å². The highest BCUT2D eigenvalue weighted by molar-refractivity contribution is 5.74. The average Bonchev–Trinajstić information content (AvgIpc) is 2.65. The van der Waals surface area contributed by atoms with Crippen molar-refractivity contribution in [2.75, 3.05) is 44.2 Å². The lowest BCUT2D eigenvalue weighted by Crippen LogP contribution is -2.46. The van der Waals surface area contributed by atoms with Gasteiger partial charge in [0.2, 0.25) is 0 Å². The van der Waals surface area contributed by atoms with Crippen LogP contribution in [0.2, 0.25) is 0 Å². The van der Waals surface area contributed by atoms with E-state index in [0.717, 1.165) is 44.6 Å². The van der Waals surface area contributed by atoms with Crippen LogP contribution in [0.4, 0.5) is 10.5 Å². The number of amides is 2. The first-order chi connectivity index (χ1) is 12.1. The van der Waals surface area contributed by atoms with E-state index in [2.05, 4.69) is 15.3 Å². The predicted molar refractivity (Wildman–Crippen MR) is 94.9 cm³/mol. The van der Waals surface area contributed by atoms with Crippen LogP contribution >= 0.6 is 0 Å². The summed E-state index contributed by atoms with van der Waals surface area (Å²) in [5.41, 5.74) is 0.711. The van der Waals surface area contributed by atoms with Crippen LogP contribution in [0.15, 0.2) is 17.1 Å². The summed E-state index contributed by atoms with van der Waals surface area (Å²) in [4.78, 5) is 27.9. The van der Waals surface area contributed by atoms with Crippen molar-refractivity contribution < 1.29 is 9.53 Å². The van der Waals surface area contributed by atoms with Gasteiger partial charge in [-0.05, 0) is 25.7 Å². The number of rotatable bonds is 4. The van der Waals surface area contributed by atoms with Crippen LogP contribution in [-0.4, -0.2) is 66.1 Å². The molecule has 2 saturated heterocycles. The van der Waals surface area contributed by atoms with E-state index >= 15 is 0 Å². The third-order valence-electron chi connectivity index (χ3n) is 4.84. The summed E-state index contributed by atoms with van der Waals surface area (Å²) in [6.07, 6.45) is 5.92. The molecule has 3 rings (SSSR count). The molecule has 0 radical (unpaired) electrons. The van der Waals surface area contributed by atoms with E-state index in [9.17, 15) is 9.59 Å². The van der Waals surface area contributed by atoms with Crippen LogP contribution in [0.25, 0.3) is 0 Å². The lowest BCUT2D eigenvalue weighted by atomic mass is 10.1. The van der Waals surface area contributed by atoms with Gasteiger partial charge < -0.3 is 19.9 Å². The Kier molecular flexibility index (Phi) is 5.91. The number of nitrogens with zero attached hydrogens (tertiary/aromatic N) is 4. The number of aryl methyl sites for hydroxylation is 1. The van der Waals surface area contributed by atoms with Crippen LogP contribution in [0.5, 0.6) is 0 Å². The van der Waals surface area contributed by atoms with Gasteiger partial charge in [-0.2, -0.15) is 5.10 Å². The van der Waals surface area contributed by atoms with Crippen molar-refractivity contribution in [3.05, 3.63) is 22.6 Å². The lowest BCUT2D eigenvalue weighted by Gasteiger charge is -2.34. The Morgan fingerprint density at radius 1 is 1.32 bits per heavy atom. The van der Waals surface area contributed by atoms with Crippen molar-refractivity contribution in [3.8, 4) is 0 Å². The fraction of sp³-hybridized carbons (Fsp3) is 0.706. The van der Waals surface area contributed by atoms with Gasteiger partial charge in [0.1, 0.15) is 0 Å². The quantitative estimate of drug-likeness (QED) is 0.860. The Morgan fingerprint density at radius 3 is 2.88 bits per heavy atom. The maximum Gasteiger partial charge on any atom is 0.317 e. The highest BCUT2D eigenvalue weighted by atomic mass is 16.5. The number of aromatic nitrogens is 2. The highest BCUT2D eigenvalue weighted by Crippen LogP contribution is 2.16. The van der Waals surface area contributed by atoms with Gasteiger partial charge in [-0.25, -0.2) is 9.48 Å². The van der Waals surface area contributed by atoms with Crippen molar-refractivity contribution in [1.82, 2.24) is 20.0 Å². The first-order valence-electron chi connectivity index (χ1n) is 9.06. The normalized spacial score (nSPS) is 21.2. The predicted octanol–water partition coefficient (Wildman–Crippen LogP) is 0.571. The number of ether oxygens (including phenoxy) is 1. The van der Waals surface area contributed by atoms with E-state index in [0.29, 0.717) is 19.7 Å². The van der Waals surface area contributed by atoms with Crippen LogP contribution in [0.3, 0.4) is 0 Å². The number of morpholine rings is 1. The third-order valence-corrected chi connectivity index (χ3v) is 4.84. The van der Waals surface area contributed by atoms with Crippen molar-refractivity contribution >= 4 is 11.7 Å². The molecule has 2 amide bonds. The number of urea groups is 1. The molecular formula is C17H27N5O3. The Labute approximate surface area is 147 Å². The minimum atomic E-state index is -0.116. The number of carbonyl (C=O) groups is 1. The van der Waals surface area contributed by atoms with Gasteiger partial charge in [-0.3, -0.25) is 4.79 Å². The summed E-state index contributed by atoms with van der Waals surface area (Å²) >= 11 is 0. The van der Waals surface area contributed by atoms with E-state index in [-0.39, 0.29) is 17.7 Å². The molecule has 2 aliphatic rings. The molecule has 0 spiro atoms. The van der Waals surface area contributed by atoms with Gasteiger partial charge in [0.15, 0.2) is 0 Å². The van der Waals surface area contributed by atoms with Gasteiger partial charge in [-0.15, -0.1) is 0 Å². The number of likely N-dealkylation sites (tertiary alicyclic amines) is 1. The third kappa shape index (κ3) is 4.72. The van der Waals surface area contributed by atoms with Crippen molar-refractivity contribution in [1.29, 1.82) is 0 Å². The largest absolute Gasteiger partial charge is 0.374 e. The molecule has 138 valence electrons. The molecular weight excluding hydrogens is 322 g/mol. The zero-order valence-electron chi connectivity index (χ0n) is 14.8. The van der Waals surface area contributed by atoms with Gasteiger partial charge in [-0.1, -0.05) is 0 Å². The fourth-order valence-corrected chi connectivity index (χ4v) is 3.31. The first kappa shape index (κ1) is 17.7. The number of carbonyl (C=O) groups excluding carboxylic acids is 1. The average molecular weight is 349 g/mol. The molecule has 1 aromatic rings. The first-order valence-corrected chi connectivity index (χ1v) is 9.06. The zero-order chi connectivity index (χ0) is 17.6. The smallest absolute Gasteiger partial charge is 0.317 e. The van der Waals surface area contributed by atoms with Gasteiger partial charge in [0, 0.05) is 45.8 Å². The molecule has 1 N–H and O–H groups in total. The minimum Gasteiger partial charge on any atom is -0.374 e. The number of nitrogens with one attached hydrogen (secondary N) is 1. The van der Waals surface area contributed by atoms with Crippen LogP contribution in [0, 0.1) is 0 Å². The summed E-state index contributed by atoms with van der Waals surface area (Å²) in [7, 11) is 1.64. The molecule has 0 unspecified atom stereocenters. The van der Waals surface area contributed by atoms with Crippen LogP contribution in [0.1, 0.15) is 25.7 Å². The van der Waals surface area contributed by atoms with E-state index in [1.807, 2.05) is 4.90 Å². The van der Waals surface area contributed by atoms with E-state index < -0.39 is 0 Å². The number of anilines is 1. The second-order valence-electron chi connectivity index (χ2n) is 6.68. The molecule has 0 saturated carbocycles. The molecule has 1 aromatic heterocycles. The SMILES string of the molecule is Cn1ncc(N2CCO[C@H](CCNC(=O)N3CCCCC3)C2)cc1=O. The van der Waals surface area contributed by atoms with E-state index in [1.54, 1.807) is 19.3 Å². The lowest BCUT2D eigenvalue weighted by molar-refractivity contribution is 0.0356. The molecule has 8 nitrogen and oxygen atoms in total. The second kappa shape index (κ2) is 8.33. The number of hydrogen-bond acceptors (Lipinski definition) is 5. The number of piperidine rings is 1. The molecule has 3 heterocycles. The molecule has 2 fully saturated rings. The minimum absolute atomic E-state index is 0.0307. The van der Waals surface area contributed by atoms with E-state index in [1.165, 1.54) is 11.1 Å². The van der Waals surface area contributed by atoms with Crippen molar-refractivity contribution in [3.63, 3.8) is 0 Å². The fourth-order valence-electron chi connectivity index (χ4n) is 3.31. The van der Waals surface area contributed by atoms with Crippen molar-refractivity contribution in [2.24, 2.45) is 7.05 Å². The van der Waals surface area contributed by atoms with Gasteiger partial charge in [0.05, 0.1) is 24.6 Å². The molecule has 2 aliphatic heterocycles. The summed E-state index contributed by atoms with van der Waals surface area (Å²) in [6.45, 7) is 4.37.